The Balaban J connectivity index is 1.44. The number of aromatic nitrogens is 3. The Morgan fingerprint density at radius 2 is 1.39 bits per heavy atom. The summed E-state index contributed by atoms with van der Waals surface area (Å²) in [7, 11) is 1.68. The Bertz CT molecular complexity index is 1600. The fraction of sp³-hybridized carbons (Fsp3) is 0.306. The van der Waals surface area contributed by atoms with E-state index in [1.807, 2.05) is 39.0 Å². The molecule has 8 nitrogen and oxygen atoms in total. The monoisotopic (exact) mass is 589 g/mol. The van der Waals surface area contributed by atoms with Gasteiger partial charge in [0.1, 0.15) is 28.9 Å². The van der Waals surface area contributed by atoms with E-state index in [0.717, 1.165) is 34.1 Å². The van der Waals surface area contributed by atoms with Crippen molar-refractivity contribution >= 4 is 22.9 Å². The van der Waals surface area contributed by atoms with E-state index in [1.54, 1.807) is 18.3 Å². The Labute approximate surface area is 258 Å². The highest BCUT2D eigenvalue weighted by atomic mass is 16.6. The number of methoxy groups -OCH3 is 1. The van der Waals surface area contributed by atoms with Gasteiger partial charge >= 0.3 is 6.09 Å². The molecule has 3 heterocycles. The molecule has 2 aromatic heterocycles. The molecule has 1 amide bonds. The number of hydrogen-bond donors (Lipinski definition) is 1. The minimum Gasteiger partial charge on any atom is -0.444 e. The lowest BCUT2D eigenvalue weighted by molar-refractivity contribution is -0.00875. The number of nitrogens with one attached hydrogen (secondary N) is 1. The molecule has 0 radical (unpaired) electrons. The molecule has 1 fully saturated rings. The summed E-state index contributed by atoms with van der Waals surface area (Å²) in [4.78, 5) is 24.3. The van der Waals surface area contributed by atoms with Gasteiger partial charge in [0.05, 0.1) is 18.0 Å². The van der Waals surface area contributed by atoms with Gasteiger partial charge in [-0.05, 0) is 49.9 Å². The van der Waals surface area contributed by atoms with Crippen molar-refractivity contribution in [1.82, 2.24) is 19.4 Å². The molecule has 2 atom stereocenters. The molecular formula is C36H39N5O3. The highest BCUT2D eigenvalue weighted by Gasteiger charge is 2.40. The minimum absolute atomic E-state index is 0.0928. The van der Waals surface area contributed by atoms with Crippen molar-refractivity contribution in [2.24, 2.45) is 0 Å². The van der Waals surface area contributed by atoms with Crippen molar-refractivity contribution in [2.75, 3.05) is 25.5 Å². The number of rotatable bonds is 7. The number of nitrogens with zero attached hydrogens (tertiary/aromatic N) is 4. The second-order valence-electron chi connectivity index (χ2n) is 12.3. The SMILES string of the molecule is CO[C@H]1C[C@@H](Nc2ncnc3c2ccn3C(c2ccccc2)(c2ccccc2)c2ccccc2)CN(C(=O)OC(C)(C)C)C1. The van der Waals surface area contributed by atoms with Crippen molar-refractivity contribution < 1.29 is 14.3 Å². The van der Waals surface area contributed by atoms with Gasteiger partial charge in [-0.2, -0.15) is 0 Å². The zero-order valence-corrected chi connectivity index (χ0v) is 25.7. The van der Waals surface area contributed by atoms with Crippen LogP contribution in [0.1, 0.15) is 43.9 Å². The third-order valence-corrected chi connectivity index (χ3v) is 8.16. The van der Waals surface area contributed by atoms with Crippen LogP contribution in [0.15, 0.2) is 110 Å². The number of fused-ring (bicyclic) bond motifs is 1. The molecule has 0 aliphatic carbocycles. The zero-order valence-electron chi connectivity index (χ0n) is 25.7. The molecule has 5 aromatic rings. The number of piperidine rings is 1. The number of ether oxygens (including phenoxy) is 2. The maximum Gasteiger partial charge on any atom is 0.410 e. The molecule has 0 saturated carbocycles. The maximum atomic E-state index is 13.0. The Hall–Kier alpha value is -4.69. The third-order valence-electron chi connectivity index (χ3n) is 8.16. The average molecular weight is 590 g/mol. The molecule has 1 aliphatic heterocycles. The van der Waals surface area contributed by atoms with Crippen LogP contribution in [-0.2, 0) is 15.0 Å². The van der Waals surface area contributed by atoms with Gasteiger partial charge in [-0.3, -0.25) is 0 Å². The van der Waals surface area contributed by atoms with E-state index in [4.69, 9.17) is 14.5 Å². The quantitative estimate of drug-likeness (QED) is 0.213. The van der Waals surface area contributed by atoms with Gasteiger partial charge in [-0.15, -0.1) is 0 Å². The summed E-state index contributed by atoms with van der Waals surface area (Å²) in [6.07, 6.45) is 3.96. The first-order valence-electron chi connectivity index (χ1n) is 15.1. The van der Waals surface area contributed by atoms with Crippen LogP contribution >= 0.6 is 0 Å². The Kier molecular flexibility index (Phi) is 8.10. The molecule has 1 saturated heterocycles. The van der Waals surface area contributed by atoms with E-state index in [9.17, 15) is 4.79 Å². The molecular weight excluding hydrogens is 550 g/mol. The number of benzene rings is 3. The number of carbonyl (C=O) groups is 1. The number of likely N-dealkylation sites (tertiary alicyclic amines) is 1. The lowest BCUT2D eigenvalue weighted by atomic mass is 9.76. The smallest absolute Gasteiger partial charge is 0.410 e. The van der Waals surface area contributed by atoms with Crippen LogP contribution in [0.4, 0.5) is 10.6 Å². The van der Waals surface area contributed by atoms with E-state index in [1.165, 1.54) is 0 Å². The molecule has 3 aromatic carbocycles. The van der Waals surface area contributed by atoms with E-state index in [0.29, 0.717) is 18.9 Å². The normalized spacial score (nSPS) is 17.4. The van der Waals surface area contributed by atoms with Gasteiger partial charge in [0, 0.05) is 25.9 Å². The van der Waals surface area contributed by atoms with Gasteiger partial charge in [-0.25, -0.2) is 14.8 Å². The second kappa shape index (κ2) is 12.1. The molecule has 0 unspecified atom stereocenters. The minimum atomic E-state index is -0.698. The molecule has 226 valence electrons. The molecule has 6 rings (SSSR count). The number of amides is 1. The van der Waals surface area contributed by atoms with Gasteiger partial charge in [-0.1, -0.05) is 91.0 Å². The first-order chi connectivity index (χ1) is 21.3. The predicted molar refractivity (Wildman–Crippen MR) is 173 cm³/mol. The van der Waals surface area contributed by atoms with Crippen molar-refractivity contribution in [3.05, 3.63) is 126 Å². The predicted octanol–water partition coefficient (Wildman–Crippen LogP) is 6.71. The van der Waals surface area contributed by atoms with Crippen molar-refractivity contribution in [1.29, 1.82) is 0 Å². The molecule has 0 spiro atoms. The van der Waals surface area contributed by atoms with Crippen LogP contribution in [0.3, 0.4) is 0 Å². The van der Waals surface area contributed by atoms with Crippen molar-refractivity contribution in [3.63, 3.8) is 0 Å². The van der Waals surface area contributed by atoms with Crippen molar-refractivity contribution in [3.8, 4) is 0 Å². The molecule has 44 heavy (non-hydrogen) atoms. The van der Waals surface area contributed by atoms with Gasteiger partial charge in [0.25, 0.3) is 0 Å². The van der Waals surface area contributed by atoms with E-state index in [-0.39, 0.29) is 18.2 Å². The van der Waals surface area contributed by atoms with Crippen LogP contribution in [0.25, 0.3) is 11.0 Å². The number of hydrogen-bond acceptors (Lipinski definition) is 6. The zero-order chi connectivity index (χ0) is 30.7. The average Bonchev–Trinajstić information content (AvgIpc) is 3.47. The summed E-state index contributed by atoms with van der Waals surface area (Å²) in [6, 6.07) is 33.6. The Morgan fingerprint density at radius 3 is 1.91 bits per heavy atom. The van der Waals surface area contributed by atoms with Gasteiger partial charge in [0.2, 0.25) is 0 Å². The molecule has 8 heteroatoms. The van der Waals surface area contributed by atoms with Crippen LogP contribution in [0.2, 0.25) is 0 Å². The number of anilines is 1. The summed E-state index contributed by atoms with van der Waals surface area (Å²) in [5, 5.41) is 4.52. The van der Waals surface area contributed by atoms with E-state index in [2.05, 4.69) is 99.9 Å². The lowest BCUT2D eigenvalue weighted by Gasteiger charge is -2.38. The highest BCUT2D eigenvalue weighted by Crippen LogP contribution is 2.43. The van der Waals surface area contributed by atoms with Crippen molar-refractivity contribution in [2.45, 2.75) is 50.5 Å². The molecule has 0 bridgehead atoms. The van der Waals surface area contributed by atoms with E-state index >= 15 is 0 Å². The summed E-state index contributed by atoms with van der Waals surface area (Å²) in [5.74, 6) is 0.711. The summed E-state index contributed by atoms with van der Waals surface area (Å²) in [5.41, 5.74) is 2.87. The van der Waals surface area contributed by atoms with Crippen LogP contribution in [0, 0.1) is 0 Å². The topological polar surface area (TPSA) is 81.5 Å². The number of carbonyl (C=O) groups excluding carboxylic acids is 1. The maximum absolute atomic E-state index is 13.0. The van der Waals surface area contributed by atoms with Gasteiger partial charge < -0.3 is 24.3 Å². The highest BCUT2D eigenvalue weighted by molar-refractivity contribution is 5.88. The second-order valence-corrected chi connectivity index (χ2v) is 12.3. The van der Waals surface area contributed by atoms with Gasteiger partial charge in [0.15, 0.2) is 0 Å². The van der Waals surface area contributed by atoms with Crippen LogP contribution in [0.5, 0.6) is 0 Å². The molecule has 1 N–H and O–H groups in total. The lowest BCUT2D eigenvalue weighted by Crippen LogP contribution is -2.52. The van der Waals surface area contributed by atoms with Crippen LogP contribution < -0.4 is 5.32 Å². The largest absolute Gasteiger partial charge is 0.444 e. The first-order valence-corrected chi connectivity index (χ1v) is 15.1. The first kappa shape index (κ1) is 29.4. The van der Waals surface area contributed by atoms with Crippen LogP contribution in [-0.4, -0.2) is 63.5 Å². The fourth-order valence-electron chi connectivity index (χ4n) is 6.29. The summed E-state index contributed by atoms with van der Waals surface area (Å²) >= 11 is 0. The standard InChI is InChI=1S/C36H39N5O3/c1-35(2,3)44-34(42)40-23-29(22-30(24-40)43-4)39-32-31-20-21-41(33(31)38-25-37-32)36(26-14-8-5-9-15-26,27-16-10-6-11-17-27)28-18-12-7-13-19-28/h5-21,25,29-30H,22-24H2,1-4H3,(H,37,38,39)/t29-,30+/m1/s1. The molecule has 1 aliphatic rings. The Morgan fingerprint density at radius 1 is 0.818 bits per heavy atom. The summed E-state index contributed by atoms with van der Waals surface area (Å²) < 4.78 is 13.7. The summed E-state index contributed by atoms with van der Waals surface area (Å²) in [6.45, 7) is 6.58. The third kappa shape index (κ3) is 5.65. The fourth-order valence-corrected chi connectivity index (χ4v) is 6.29. The van der Waals surface area contributed by atoms with E-state index < -0.39 is 11.1 Å².